The first kappa shape index (κ1) is 24.5. The Hall–Kier alpha value is -3.80. The molecular weight excluding hydrogens is 408 g/mol. The van der Waals surface area contributed by atoms with E-state index in [-0.39, 0.29) is 42.3 Å². The number of hydrogen-bond donors (Lipinski definition) is 3. The number of hydrogen-bond acceptors (Lipinski definition) is 6. The summed E-state index contributed by atoms with van der Waals surface area (Å²) in [5.41, 5.74) is 2.89. The number of phenols is 2. The van der Waals surface area contributed by atoms with Gasteiger partial charge in [-0.05, 0) is 85.9 Å². The fraction of sp³-hybridized carbons (Fsp3) is 0.231. The highest BCUT2D eigenvalue weighted by atomic mass is 16.5. The average molecular weight is 437 g/mol. The van der Waals surface area contributed by atoms with Gasteiger partial charge in [0.15, 0.2) is 5.78 Å². The summed E-state index contributed by atoms with van der Waals surface area (Å²) in [6.45, 7) is 5.44. The van der Waals surface area contributed by atoms with Crippen LogP contribution in [0.3, 0.4) is 0 Å². The quantitative estimate of drug-likeness (QED) is 0.217. The Morgan fingerprint density at radius 2 is 1.41 bits per heavy atom. The largest absolute Gasteiger partial charge is 0.508 e. The number of aromatic hydroxyl groups is 2. The maximum atomic E-state index is 12.8. The smallest absolute Gasteiger partial charge is 0.306 e. The molecule has 0 atom stereocenters. The molecule has 168 valence electrons. The summed E-state index contributed by atoms with van der Waals surface area (Å²) in [7, 11) is 0. The number of carbonyl (C=O) groups excluding carboxylic acids is 2. The first-order valence-electron chi connectivity index (χ1n) is 10.3. The lowest BCUT2D eigenvalue weighted by Gasteiger charge is -2.07. The summed E-state index contributed by atoms with van der Waals surface area (Å²) >= 11 is 0. The Labute approximate surface area is 187 Å². The number of ketones is 1. The first-order valence-corrected chi connectivity index (χ1v) is 10.3. The molecule has 0 spiro atoms. The summed E-state index contributed by atoms with van der Waals surface area (Å²) in [5, 5.41) is 29.9. The van der Waals surface area contributed by atoms with E-state index >= 15 is 0 Å². The Kier molecular flexibility index (Phi) is 8.83. The summed E-state index contributed by atoms with van der Waals surface area (Å²) in [6.07, 6.45) is 5.88. The van der Waals surface area contributed by atoms with Gasteiger partial charge in [-0.1, -0.05) is 24.3 Å². The van der Waals surface area contributed by atoms with Crippen LogP contribution in [0.1, 0.15) is 42.0 Å². The molecule has 6 heteroatoms. The number of rotatable bonds is 9. The molecule has 3 N–H and O–H groups in total. The van der Waals surface area contributed by atoms with Gasteiger partial charge in [0.25, 0.3) is 0 Å². The highest BCUT2D eigenvalue weighted by Crippen LogP contribution is 2.21. The second kappa shape index (κ2) is 11.6. The van der Waals surface area contributed by atoms with Crippen LogP contribution >= 0.6 is 0 Å². The first-order chi connectivity index (χ1) is 15.2. The van der Waals surface area contributed by atoms with Crippen LogP contribution in [-0.4, -0.2) is 33.7 Å². The maximum absolute atomic E-state index is 12.8. The molecule has 0 amide bonds. The van der Waals surface area contributed by atoms with E-state index in [0.717, 1.165) is 5.56 Å². The van der Waals surface area contributed by atoms with E-state index in [9.17, 15) is 24.9 Å². The third-order valence-electron chi connectivity index (χ3n) is 4.79. The molecule has 6 nitrogen and oxygen atoms in total. The van der Waals surface area contributed by atoms with E-state index in [4.69, 9.17) is 4.74 Å². The van der Waals surface area contributed by atoms with Crippen LogP contribution in [0.25, 0.3) is 12.2 Å². The number of aliphatic hydroxyl groups is 1. The van der Waals surface area contributed by atoms with Crippen LogP contribution in [0.5, 0.6) is 11.5 Å². The van der Waals surface area contributed by atoms with Crippen molar-refractivity contribution in [3.8, 4) is 11.5 Å². The molecule has 0 heterocycles. The normalized spacial score (nSPS) is 12.2. The van der Waals surface area contributed by atoms with Crippen LogP contribution in [-0.2, 0) is 14.3 Å². The van der Waals surface area contributed by atoms with Gasteiger partial charge in [0.05, 0.1) is 6.61 Å². The molecule has 0 saturated heterocycles. The van der Waals surface area contributed by atoms with Crippen LogP contribution < -0.4 is 0 Å². The van der Waals surface area contributed by atoms with Crippen molar-refractivity contribution in [2.75, 3.05) is 6.61 Å². The number of aryl methyl sites for hydroxylation is 2. The van der Waals surface area contributed by atoms with Gasteiger partial charge in [-0.2, -0.15) is 0 Å². The molecule has 0 bridgehead atoms. The topological polar surface area (TPSA) is 104 Å². The van der Waals surface area contributed by atoms with Crippen LogP contribution in [0.4, 0.5) is 0 Å². The van der Waals surface area contributed by atoms with Gasteiger partial charge in [0.2, 0.25) is 0 Å². The van der Waals surface area contributed by atoms with Crippen LogP contribution in [0, 0.1) is 13.8 Å². The van der Waals surface area contributed by atoms with Crippen molar-refractivity contribution in [2.24, 2.45) is 0 Å². The van der Waals surface area contributed by atoms with E-state index in [1.807, 2.05) is 0 Å². The summed E-state index contributed by atoms with van der Waals surface area (Å²) in [4.78, 5) is 24.6. The van der Waals surface area contributed by atoms with E-state index < -0.39 is 11.8 Å². The molecule has 32 heavy (non-hydrogen) atoms. The Morgan fingerprint density at radius 1 is 0.875 bits per heavy atom. The lowest BCUT2D eigenvalue weighted by atomic mass is 10.0. The monoisotopic (exact) mass is 436 g/mol. The molecular formula is C26H28O6. The molecule has 0 aliphatic carbocycles. The average Bonchev–Trinajstić information content (AvgIpc) is 2.75. The van der Waals surface area contributed by atoms with Gasteiger partial charge in [-0.3, -0.25) is 9.59 Å². The fourth-order valence-corrected chi connectivity index (χ4v) is 2.95. The van der Waals surface area contributed by atoms with Crippen molar-refractivity contribution in [1.82, 2.24) is 0 Å². The third-order valence-corrected chi connectivity index (χ3v) is 4.79. The van der Waals surface area contributed by atoms with Crippen molar-refractivity contribution in [3.05, 3.63) is 82.1 Å². The Morgan fingerprint density at radius 3 is 1.91 bits per heavy atom. The number of ether oxygens (including phenoxy) is 1. The minimum atomic E-state index is -0.457. The van der Waals surface area contributed by atoms with Gasteiger partial charge >= 0.3 is 5.97 Å². The number of aliphatic hydroxyl groups excluding tert-OH is 1. The highest BCUT2D eigenvalue weighted by molar-refractivity contribution is 6.07. The SMILES string of the molecule is CCOC(=O)CC/C(C(=O)/C=C/c1ccc(O)c(C)c1)=C(O)\C=C\c1ccc(O)c(C)c1. The zero-order valence-corrected chi connectivity index (χ0v) is 18.5. The summed E-state index contributed by atoms with van der Waals surface area (Å²) in [5.74, 6) is -0.819. The zero-order valence-electron chi connectivity index (χ0n) is 18.5. The predicted octanol–water partition coefficient (Wildman–Crippen LogP) is 5.17. The maximum Gasteiger partial charge on any atom is 0.306 e. The van der Waals surface area contributed by atoms with Gasteiger partial charge < -0.3 is 20.1 Å². The van der Waals surface area contributed by atoms with Crippen LogP contribution in [0.15, 0.2) is 59.9 Å². The summed E-state index contributed by atoms with van der Waals surface area (Å²) in [6, 6.07) is 9.91. The zero-order chi connectivity index (χ0) is 23.7. The van der Waals surface area contributed by atoms with Gasteiger partial charge in [0, 0.05) is 12.0 Å². The molecule has 0 aromatic heterocycles. The number of esters is 1. The molecule has 0 unspecified atom stereocenters. The minimum Gasteiger partial charge on any atom is -0.508 e. The standard InChI is InChI=1S/C26H28O6/c1-4-32-26(31)14-9-21(24(29)12-7-19-5-10-22(27)17(2)15-19)25(30)13-8-20-6-11-23(28)18(3)16-20/h5-8,10-13,15-16,27-29H,4,9,14H2,1-3H3/b12-7+,13-8+,24-21-. The third kappa shape index (κ3) is 7.16. The number of carbonyl (C=O) groups is 2. The fourth-order valence-electron chi connectivity index (χ4n) is 2.95. The molecule has 2 rings (SSSR count). The molecule has 0 radical (unpaired) electrons. The van der Waals surface area contributed by atoms with Crippen LogP contribution in [0.2, 0.25) is 0 Å². The number of benzene rings is 2. The second-order valence-corrected chi connectivity index (χ2v) is 7.29. The molecule has 0 aliphatic heterocycles. The molecule has 2 aromatic rings. The molecule has 0 saturated carbocycles. The summed E-state index contributed by atoms with van der Waals surface area (Å²) < 4.78 is 4.92. The minimum absolute atomic E-state index is 0.0153. The second-order valence-electron chi connectivity index (χ2n) is 7.29. The molecule has 0 aliphatic rings. The van der Waals surface area contributed by atoms with Crippen molar-refractivity contribution in [1.29, 1.82) is 0 Å². The van der Waals surface area contributed by atoms with E-state index in [2.05, 4.69) is 0 Å². The van der Waals surface area contributed by atoms with Gasteiger partial charge in [0.1, 0.15) is 17.3 Å². The van der Waals surface area contributed by atoms with E-state index in [0.29, 0.717) is 16.7 Å². The Bertz CT molecular complexity index is 1080. The van der Waals surface area contributed by atoms with Gasteiger partial charge in [-0.25, -0.2) is 0 Å². The highest BCUT2D eigenvalue weighted by Gasteiger charge is 2.14. The lowest BCUT2D eigenvalue weighted by molar-refractivity contribution is -0.143. The molecule has 0 fully saturated rings. The van der Waals surface area contributed by atoms with Crippen molar-refractivity contribution >= 4 is 23.9 Å². The van der Waals surface area contributed by atoms with Crippen molar-refractivity contribution < 1.29 is 29.6 Å². The molecule has 2 aromatic carbocycles. The Balaban J connectivity index is 2.29. The van der Waals surface area contributed by atoms with Crippen molar-refractivity contribution in [3.63, 3.8) is 0 Å². The van der Waals surface area contributed by atoms with Gasteiger partial charge in [-0.15, -0.1) is 0 Å². The van der Waals surface area contributed by atoms with E-state index in [1.54, 1.807) is 63.3 Å². The lowest BCUT2D eigenvalue weighted by Crippen LogP contribution is -2.08. The van der Waals surface area contributed by atoms with E-state index in [1.165, 1.54) is 18.2 Å². The number of phenolic OH excluding ortho intramolecular Hbond substituents is 2. The predicted molar refractivity (Wildman–Crippen MR) is 124 cm³/mol. The number of allylic oxidation sites excluding steroid dienone is 3. The van der Waals surface area contributed by atoms with Crippen molar-refractivity contribution in [2.45, 2.75) is 33.6 Å².